The highest BCUT2D eigenvalue weighted by Crippen LogP contribution is 2.20. The predicted molar refractivity (Wildman–Crippen MR) is 70.7 cm³/mol. The monoisotopic (exact) mass is 247 g/mol. The Kier molecular flexibility index (Phi) is 3.50. The van der Waals surface area contributed by atoms with E-state index in [2.05, 4.69) is 5.32 Å². The normalized spacial score (nSPS) is 16.2. The first-order chi connectivity index (χ1) is 8.58. The smallest absolute Gasteiger partial charge is 0.246 e. The second-order valence-corrected chi connectivity index (χ2v) is 4.48. The topological polar surface area (TPSA) is 52.6 Å². The Morgan fingerprint density at radius 2 is 1.83 bits per heavy atom. The maximum atomic E-state index is 11.9. The van der Waals surface area contributed by atoms with Crippen LogP contribution in [0, 0.1) is 0 Å². The lowest BCUT2D eigenvalue weighted by Gasteiger charge is -2.21. The lowest BCUT2D eigenvalue weighted by molar-refractivity contribution is -0.123. The molecule has 0 aliphatic carbocycles. The van der Waals surface area contributed by atoms with Crippen molar-refractivity contribution >= 4 is 23.2 Å². The van der Waals surface area contributed by atoms with Crippen LogP contribution in [-0.2, 0) is 9.59 Å². The van der Waals surface area contributed by atoms with Crippen LogP contribution in [0.4, 0.5) is 11.4 Å². The minimum Gasteiger partial charge on any atom is -0.378 e. The molecule has 0 atom stereocenters. The molecule has 1 fully saturated rings. The third kappa shape index (κ3) is 2.61. The summed E-state index contributed by atoms with van der Waals surface area (Å²) in [4.78, 5) is 26.8. The van der Waals surface area contributed by atoms with Crippen LogP contribution in [0.2, 0.25) is 0 Å². The van der Waals surface area contributed by atoms with E-state index in [9.17, 15) is 9.59 Å². The fourth-order valence-corrected chi connectivity index (χ4v) is 1.90. The van der Waals surface area contributed by atoms with Crippen molar-refractivity contribution in [2.24, 2.45) is 0 Å². The second-order valence-electron chi connectivity index (χ2n) is 4.48. The Balaban J connectivity index is 2.19. The summed E-state index contributed by atoms with van der Waals surface area (Å²) in [6.45, 7) is 0.514. The van der Waals surface area contributed by atoms with E-state index in [1.54, 1.807) is 4.90 Å². The molecule has 0 aromatic heterocycles. The van der Waals surface area contributed by atoms with E-state index >= 15 is 0 Å². The first-order valence-corrected chi connectivity index (χ1v) is 5.92. The molecular formula is C13H17N3O2. The maximum absolute atomic E-state index is 11.9. The van der Waals surface area contributed by atoms with Crippen molar-refractivity contribution in [3.05, 3.63) is 24.3 Å². The van der Waals surface area contributed by atoms with Crippen molar-refractivity contribution in [3.8, 4) is 0 Å². The van der Waals surface area contributed by atoms with Crippen LogP contribution in [0.25, 0.3) is 0 Å². The average molecular weight is 247 g/mol. The summed E-state index contributed by atoms with van der Waals surface area (Å²) in [5.41, 5.74) is 1.91. The molecule has 1 aromatic rings. The molecular weight excluding hydrogens is 230 g/mol. The molecule has 96 valence electrons. The van der Waals surface area contributed by atoms with Crippen molar-refractivity contribution in [2.75, 3.05) is 37.0 Å². The molecule has 18 heavy (non-hydrogen) atoms. The van der Waals surface area contributed by atoms with Gasteiger partial charge in [0, 0.05) is 38.4 Å². The van der Waals surface area contributed by atoms with Gasteiger partial charge in [-0.15, -0.1) is 0 Å². The molecule has 1 aliphatic heterocycles. The fourth-order valence-electron chi connectivity index (χ4n) is 1.90. The summed E-state index contributed by atoms with van der Waals surface area (Å²) < 4.78 is 0. The molecule has 1 aromatic carbocycles. The van der Waals surface area contributed by atoms with Crippen molar-refractivity contribution in [1.82, 2.24) is 5.32 Å². The zero-order valence-electron chi connectivity index (χ0n) is 10.6. The van der Waals surface area contributed by atoms with Gasteiger partial charge in [-0.25, -0.2) is 0 Å². The number of carbonyl (C=O) groups is 2. The molecule has 2 amide bonds. The Labute approximate surface area is 106 Å². The molecule has 0 spiro atoms. The molecule has 0 bridgehead atoms. The fraction of sp³-hybridized carbons (Fsp3) is 0.385. The molecule has 5 nitrogen and oxygen atoms in total. The Morgan fingerprint density at radius 1 is 1.17 bits per heavy atom. The van der Waals surface area contributed by atoms with Gasteiger partial charge in [-0.3, -0.25) is 9.59 Å². The van der Waals surface area contributed by atoms with E-state index in [1.165, 1.54) is 0 Å². The van der Waals surface area contributed by atoms with Crippen LogP contribution < -0.4 is 15.1 Å². The van der Waals surface area contributed by atoms with E-state index < -0.39 is 0 Å². The number of benzene rings is 1. The number of carbonyl (C=O) groups excluding carboxylic acids is 2. The zero-order chi connectivity index (χ0) is 13.1. The molecule has 0 unspecified atom stereocenters. The van der Waals surface area contributed by atoms with E-state index in [0.717, 1.165) is 11.4 Å². The zero-order valence-corrected chi connectivity index (χ0v) is 10.6. The van der Waals surface area contributed by atoms with Crippen LogP contribution in [0.3, 0.4) is 0 Å². The van der Waals surface area contributed by atoms with Gasteiger partial charge in [-0.1, -0.05) is 0 Å². The number of nitrogens with zero attached hydrogens (tertiary/aromatic N) is 2. The summed E-state index contributed by atoms with van der Waals surface area (Å²) in [5.74, 6) is -0.144. The molecule has 2 rings (SSSR count). The molecule has 1 aliphatic rings. The number of hydrogen-bond acceptors (Lipinski definition) is 3. The van der Waals surface area contributed by atoms with Gasteiger partial charge in [0.25, 0.3) is 0 Å². The van der Waals surface area contributed by atoms with Crippen LogP contribution >= 0.6 is 0 Å². The molecule has 0 saturated carbocycles. The predicted octanol–water partition coefficient (Wildman–Crippen LogP) is 0.605. The van der Waals surface area contributed by atoms with Crippen LogP contribution in [0.5, 0.6) is 0 Å². The standard InChI is InChI=1S/C13H17N3O2/c1-15(2)10-3-5-11(6-4-10)16-8-7-12(17)14-9-13(16)18/h3-6H,7-9H2,1-2H3,(H,14,17). The van der Waals surface area contributed by atoms with Gasteiger partial charge in [0.15, 0.2) is 0 Å². The summed E-state index contributed by atoms with van der Waals surface area (Å²) in [6, 6.07) is 7.73. The summed E-state index contributed by atoms with van der Waals surface area (Å²) >= 11 is 0. The third-order valence-corrected chi connectivity index (χ3v) is 2.98. The lowest BCUT2D eigenvalue weighted by atomic mass is 10.2. The summed E-state index contributed by atoms with van der Waals surface area (Å²) in [5, 5.41) is 2.59. The van der Waals surface area contributed by atoms with Crippen molar-refractivity contribution in [1.29, 1.82) is 0 Å². The first-order valence-electron chi connectivity index (χ1n) is 5.92. The number of hydrogen-bond donors (Lipinski definition) is 1. The van der Waals surface area contributed by atoms with Gasteiger partial charge in [0.05, 0.1) is 6.54 Å². The van der Waals surface area contributed by atoms with Gasteiger partial charge in [-0.05, 0) is 24.3 Å². The lowest BCUT2D eigenvalue weighted by Crippen LogP contribution is -2.35. The SMILES string of the molecule is CN(C)c1ccc(N2CCC(=O)NCC2=O)cc1. The number of anilines is 2. The largest absolute Gasteiger partial charge is 0.378 e. The van der Waals surface area contributed by atoms with Crippen molar-refractivity contribution in [2.45, 2.75) is 6.42 Å². The maximum Gasteiger partial charge on any atom is 0.246 e. The molecule has 1 saturated heterocycles. The quantitative estimate of drug-likeness (QED) is 0.833. The highest BCUT2D eigenvalue weighted by Gasteiger charge is 2.21. The van der Waals surface area contributed by atoms with Gasteiger partial charge in [0.2, 0.25) is 11.8 Å². The Morgan fingerprint density at radius 3 is 2.44 bits per heavy atom. The third-order valence-electron chi connectivity index (χ3n) is 2.98. The van der Waals surface area contributed by atoms with E-state index in [1.807, 2.05) is 43.3 Å². The van der Waals surface area contributed by atoms with E-state index in [4.69, 9.17) is 0 Å². The highest BCUT2D eigenvalue weighted by molar-refractivity contribution is 5.98. The molecule has 5 heteroatoms. The Hall–Kier alpha value is -2.04. The van der Waals surface area contributed by atoms with E-state index in [0.29, 0.717) is 13.0 Å². The first kappa shape index (κ1) is 12.4. The minimum atomic E-state index is -0.0734. The van der Waals surface area contributed by atoms with Crippen molar-refractivity contribution < 1.29 is 9.59 Å². The van der Waals surface area contributed by atoms with Gasteiger partial charge in [0.1, 0.15) is 0 Å². The van der Waals surface area contributed by atoms with Crippen molar-refractivity contribution in [3.63, 3.8) is 0 Å². The van der Waals surface area contributed by atoms with Crippen LogP contribution in [-0.4, -0.2) is 39.0 Å². The molecule has 0 radical (unpaired) electrons. The Bertz CT molecular complexity index is 454. The van der Waals surface area contributed by atoms with Gasteiger partial charge < -0.3 is 15.1 Å². The second kappa shape index (κ2) is 5.08. The summed E-state index contributed by atoms with van der Waals surface area (Å²) in [7, 11) is 3.93. The van der Waals surface area contributed by atoms with Crippen LogP contribution in [0.15, 0.2) is 24.3 Å². The van der Waals surface area contributed by atoms with E-state index in [-0.39, 0.29) is 18.4 Å². The summed E-state index contributed by atoms with van der Waals surface area (Å²) in [6.07, 6.45) is 0.348. The number of nitrogens with one attached hydrogen (secondary N) is 1. The highest BCUT2D eigenvalue weighted by atomic mass is 16.2. The number of amides is 2. The average Bonchev–Trinajstić information content (AvgIpc) is 2.52. The van der Waals surface area contributed by atoms with Crippen LogP contribution in [0.1, 0.15) is 6.42 Å². The minimum absolute atomic E-state index is 0.0709. The van der Waals surface area contributed by atoms with Gasteiger partial charge >= 0.3 is 0 Å². The number of rotatable bonds is 2. The molecule has 1 heterocycles. The molecule has 1 N–H and O–H groups in total. The van der Waals surface area contributed by atoms with Gasteiger partial charge in [-0.2, -0.15) is 0 Å².